The maximum absolute atomic E-state index is 4.76. The molecule has 1 N–H and O–H groups in total. The van der Waals surface area contributed by atoms with Crippen molar-refractivity contribution in [1.29, 1.82) is 0 Å². The van der Waals surface area contributed by atoms with Crippen LogP contribution in [0.2, 0.25) is 0 Å². The van der Waals surface area contributed by atoms with Gasteiger partial charge in [0.05, 0.1) is 11.4 Å². The minimum atomic E-state index is 0.132. The van der Waals surface area contributed by atoms with Gasteiger partial charge in [0.1, 0.15) is 0 Å². The molecule has 1 aliphatic rings. The van der Waals surface area contributed by atoms with Gasteiger partial charge in [0, 0.05) is 37.3 Å². The van der Waals surface area contributed by atoms with Crippen LogP contribution in [0.25, 0.3) is 0 Å². The lowest BCUT2D eigenvalue weighted by molar-refractivity contribution is 0.563. The molecule has 0 amide bonds. The van der Waals surface area contributed by atoms with Crippen molar-refractivity contribution in [3.8, 4) is 0 Å². The van der Waals surface area contributed by atoms with E-state index in [0.29, 0.717) is 0 Å². The summed E-state index contributed by atoms with van der Waals surface area (Å²) in [6.07, 6.45) is 0. The number of anilines is 1. The fourth-order valence-corrected chi connectivity index (χ4v) is 2.21. The number of hydrogen-bond donors (Lipinski definition) is 1. The van der Waals surface area contributed by atoms with Gasteiger partial charge in [-0.05, 0) is 19.1 Å². The molecule has 17 heavy (non-hydrogen) atoms. The topological polar surface area (TPSA) is 28.2 Å². The third-order valence-electron chi connectivity index (χ3n) is 3.28. The van der Waals surface area contributed by atoms with Crippen molar-refractivity contribution >= 4 is 5.69 Å². The highest BCUT2D eigenvalue weighted by Crippen LogP contribution is 2.25. The number of nitrogens with one attached hydrogen (secondary N) is 1. The number of hydrogen-bond acceptors (Lipinski definition) is 3. The standard InChI is InChI=1S/C14H23N3/c1-11-12(17-9-7-15-8-10-17)5-6-13(16-11)14(2,3)4/h5-6,15H,7-10H2,1-4H3. The molecule has 94 valence electrons. The summed E-state index contributed by atoms with van der Waals surface area (Å²) in [6, 6.07) is 4.40. The predicted octanol–water partition coefficient (Wildman–Crippen LogP) is 2.10. The lowest BCUT2D eigenvalue weighted by atomic mass is 9.91. The first kappa shape index (κ1) is 12.4. The molecule has 0 radical (unpaired) electrons. The van der Waals surface area contributed by atoms with Crippen LogP contribution in [0.15, 0.2) is 12.1 Å². The van der Waals surface area contributed by atoms with E-state index in [1.54, 1.807) is 0 Å². The first-order chi connectivity index (χ1) is 7.98. The quantitative estimate of drug-likeness (QED) is 0.805. The number of aryl methyl sites for hydroxylation is 1. The largest absolute Gasteiger partial charge is 0.368 e. The summed E-state index contributed by atoms with van der Waals surface area (Å²) in [7, 11) is 0. The van der Waals surface area contributed by atoms with E-state index in [9.17, 15) is 0 Å². The van der Waals surface area contributed by atoms with Gasteiger partial charge < -0.3 is 10.2 Å². The Bertz CT molecular complexity index is 387. The van der Waals surface area contributed by atoms with Gasteiger partial charge in [-0.15, -0.1) is 0 Å². The van der Waals surface area contributed by atoms with Gasteiger partial charge in [-0.2, -0.15) is 0 Å². The van der Waals surface area contributed by atoms with E-state index >= 15 is 0 Å². The summed E-state index contributed by atoms with van der Waals surface area (Å²) in [5, 5.41) is 3.38. The molecule has 3 nitrogen and oxygen atoms in total. The van der Waals surface area contributed by atoms with E-state index in [0.717, 1.165) is 31.9 Å². The molecule has 0 atom stereocenters. The van der Waals surface area contributed by atoms with Gasteiger partial charge in [0.2, 0.25) is 0 Å². The molecule has 1 aliphatic heterocycles. The molecule has 3 heteroatoms. The average Bonchev–Trinajstić information content (AvgIpc) is 2.29. The molecule has 0 spiro atoms. The van der Waals surface area contributed by atoms with Crippen LogP contribution in [0.1, 0.15) is 32.2 Å². The third kappa shape index (κ3) is 2.78. The molecule has 1 saturated heterocycles. The van der Waals surface area contributed by atoms with Crippen LogP contribution in [0.4, 0.5) is 5.69 Å². The minimum absolute atomic E-state index is 0.132. The molecule has 0 saturated carbocycles. The smallest absolute Gasteiger partial charge is 0.0609 e. The van der Waals surface area contributed by atoms with Crippen molar-refractivity contribution in [1.82, 2.24) is 10.3 Å². The van der Waals surface area contributed by atoms with E-state index in [1.807, 2.05) is 0 Å². The van der Waals surface area contributed by atoms with Crippen LogP contribution < -0.4 is 10.2 Å². The Hall–Kier alpha value is -1.09. The Kier molecular flexibility index (Phi) is 3.38. The number of piperazine rings is 1. The Labute approximate surface area is 104 Å². The number of nitrogens with zero attached hydrogens (tertiary/aromatic N) is 2. The molecular weight excluding hydrogens is 210 g/mol. The number of aromatic nitrogens is 1. The van der Waals surface area contributed by atoms with Crippen molar-refractivity contribution in [2.75, 3.05) is 31.1 Å². The minimum Gasteiger partial charge on any atom is -0.368 e. The molecule has 2 rings (SSSR count). The third-order valence-corrected chi connectivity index (χ3v) is 3.28. The maximum Gasteiger partial charge on any atom is 0.0609 e. The summed E-state index contributed by atoms with van der Waals surface area (Å²) < 4.78 is 0. The second-order valence-electron chi connectivity index (χ2n) is 5.79. The summed E-state index contributed by atoms with van der Waals surface area (Å²) in [4.78, 5) is 7.18. The molecule has 2 heterocycles. The van der Waals surface area contributed by atoms with Crippen molar-refractivity contribution in [3.05, 3.63) is 23.5 Å². The Morgan fingerprint density at radius 3 is 2.35 bits per heavy atom. The fourth-order valence-electron chi connectivity index (χ4n) is 2.21. The van der Waals surface area contributed by atoms with Crippen LogP contribution in [0, 0.1) is 6.92 Å². The molecular formula is C14H23N3. The lowest BCUT2D eigenvalue weighted by Gasteiger charge is -2.31. The van der Waals surface area contributed by atoms with E-state index in [2.05, 4.69) is 50.0 Å². The first-order valence-electron chi connectivity index (χ1n) is 6.42. The fraction of sp³-hybridized carbons (Fsp3) is 0.643. The van der Waals surface area contributed by atoms with E-state index in [-0.39, 0.29) is 5.41 Å². The summed E-state index contributed by atoms with van der Waals surface area (Å²) in [5.41, 5.74) is 3.75. The molecule has 0 aromatic carbocycles. The van der Waals surface area contributed by atoms with Gasteiger partial charge in [-0.1, -0.05) is 20.8 Å². The van der Waals surface area contributed by atoms with Crippen molar-refractivity contribution in [2.45, 2.75) is 33.1 Å². The van der Waals surface area contributed by atoms with Crippen molar-refractivity contribution < 1.29 is 0 Å². The zero-order valence-corrected chi connectivity index (χ0v) is 11.4. The van der Waals surface area contributed by atoms with Gasteiger partial charge in [0.25, 0.3) is 0 Å². The number of pyridine rings is 1. The molecule has 1 aromatic rings. The highest BCUT2D eigenvalue weighted by molar-refractivity contribution is 5.51. The van der Waals surface area contributed by atoms with Crippen LogP contribution in [-0.4, -0.2) is 31.2 Å². The summed E-state index contributed by atoms with van der Waals surface area (Å²) in [6.45, 7) is 13.0. The van der Waals surface area contributed by atoms with Gasteiger partial charge in [0.15, 0.2) is 0 Å². The normalized spacial score (nSPS) is 17.3. The van der Waals surface area contributed by atoms with Crippen LogP contribution in [0.5, 0.6) is 0 Å². The Morgan fingerprint density at radius 1 is 1.18 bits per heavy atom. The van der Waals surface area contributed by atoms with Gasteiger partial charge in [-0.25, -0.2) is 0 Å². The highest BCUT2D eigenvalue weighted by atomic mass is 15.2. The van der Waals surface area contributed by atoms with E-state index in [4.69, 9.17) is 4.98 Å². The highest BCUT2D eigenvalue weighted by Gasteiger charge is 2.18. The predicted molar refractivity (Wildman–Crippen MR) is 72.8 cm³/mol. The molecule has 0 unspecified atom stereocenters. The maximum atomic E-state index is 4.76. The van der Waals surface area contributed by atoms with E-state index < -0.39 is 0 Å². The van der Waals surface area contributed by atoms with Crippen LogP contribution >= 0.6 is 0 Å². The number of rotatable bonds is 1. The zero-order valence-electron chi connectivity index (χ0n) is 11.4. The van der Waals surface area contributed by atoms with Crippen LogP contribution in [-0.2, 0) is 5.41 Å². The first-order valence-corrected chi connectivity index (χ1v) is 6.42. The van der Waals surface area contributed by atoms with Gasteiger partial charge >= 0.3 is 0 Å². The van der Waals surface area contributed by atoms with Crippen LogP contribution in [0.3, 0.4) is 0 Å². The van der Waals surface area contributed by atoms with E-state index in [1.165, 1.54) is 11.4 Å². The molecule has 1 fully saturated rings. The van der Waals surface area contributed by atoms with Crippen molar-refractivity contribution in [3.63, 3.8) is 0 Å². The average molecular weight is 233 g/mol. The molecule has 0 aliphatic carbocycles. The Morgan fingerprint density at radius 2 is 1.82 bits per heavy atom. The SMILES string of the molecule is Cc1nc(C(C)(C)C)ccc1N1CCNCC1. The zero-order chi connectivity index (χ0) is 12.5. The summed E-state index contributed by atoms with van der Waals surface area (Å²) >= 11 is 0. The summed E-state index contributed by atoms with van der Waals surface area (Å²) in [5.74, 6) is 0. The molecule has 1 aromatic heterocycles. The monoisotopic (exact) mass is 233 g/mol. The van der Waals surface area contributed by atoms with Gasteiger partial charge in [-0.3, -0.25) is 4.98 Å². The second-order valence-corrected chi connectivity index (χ2v) is 5.79. The Balaban J connectivity index is 2.25. The lowest BCUT2D eigenvalue weighted by Crippen LogP contribution is -2.43. The van der Waals surface area contributed by atoms with Crippen molar-refractivity contribution in [2.24, 2.45) is 0 Å². The molecule has 0 bridgehead atoms. The second kappa shape index (κ2) is 4.65.